The molecule has 0 aliphatic carbocycles. The highest BCUT2D eigenvalue weighted by Crippen LogP contribution is 2.18. The first-order valence-electron chi connectivity index (χ1n) is 8.50. The molecule has 3 rings (SSSR count). The van der Waals surface area contributed by atoms with Crippen LogP contribution in [0, 0.1) is 6.92 Å². The van der Waals surface area contributed by atoms with Crippen LogP contribution in [0.4, 0.5) is 16.3 Å². The van der Waals surface area contributed by atoms with E-state index in [-0.39, 0.29) is 12.6 Å². The number of carbonyl (C=O) groups is 1. The highest BCUT2D eigenvalue weighted by Gasteiger charge is 2.14. The van der Waals surface area contributed by atoms with Crippen LogP contribution in [0.25, 0.3) is 0 Å². The molecule has 7 heteroatoms. The van der Waals surface area contributed by atoms with E-state index in [1.807, 2.05) is 13.0 Å². The molecule has 2 N–H and O–H groups in total. The van der Waals surface area contributed by atoms with E-state index in [9.17, 15) is 4.79 Å². The van der Waals surface area contributed by atoms with Gasteiger partial charge in [-0.3, -0.25) is 0 Å². The van der Waals surface area contributed by atoms with Crippen molar-refractivity contribution in [2.75, 3.05) is 23.3 Å². The number of amides is 2. The molecule has 1 aromatic heterocycles. The lowest BCUT2D eigenvalue weighted by Gasteiger charge is -2.28. The Morgan fingerprint density at radius 1 is 1.16 bits per heavy atom. The Bertz CT molecular complexity index is 729. The number of hydrogen-bond donors (Lipinski definition) is 2. The van der Waals surface area contributed by atoms with Gasteiger partial charge in [0.15, 0.2) is 0 Å². The Balaban J connectivity index is 1.59. The second-order valence-electron chi connectivity index (χ2n) is 6.15. The number of anilines is 2. The third-order valence-corrected chi connectivity index (χ3v) is 4.33. The molecule has 2 aromatic rings. The van der Waals surface area contributed by atoms with Crippen molar-refractivity contribution >= 4 is 29.1 Å². The highest BCUT2D eigenvalue weighted by atomic mass is 35.5. The third-order valence-electron chi connectivity index (χ3n) is 4.08. The summed E-state index contributed by atoms with van der Waals surface area (Å²) >= 11 is 5.83. The first-order chi connectivity index (χ1) is 12.1. The minimum atomic E-state index is -0.299. The molecule has 0 unspecified atom stereocenters. The molecule has 132 valence electrons. The number of rotatable bonds is 4. The predicted molar refractivity (Wildman–Crippen MR) is 100 cm³/mol. The van der Waals surface area contributed by atoms with Crippen molar-refractivity contribution in [1.82, 2.24) is 15.3 Å². The Morgan fingerprint density at radius 3 is 2.60 bits per heavy atom. The molecule has 0 bridgehead atoms. The molecule has 25 heavy (non-hydrogen) atoms. The normalized spacial score (nSPS) is 14.2. The number of aryl methyl sites for hydroxylation is 1. The van der Waals surface area contributed by atoms with E-state index in [4.69, 9.17) is 11.6 Å². The summed E-state index contributed by atoms with van der Waals surface area (Å²) in [4.78, 5) is 23.3. The topological polar surface area (TPSA) is 70.2 Å². The summed E-state index contributed by atoms with van der Waals surface area (Å²) in [7, 11) is 0. The molecular formula is C18H22ClN5O. The van der Waals surface area contributed by atoms with Crippen molar-refractivity contribution in [3.63, 3.8) is 0 Å². The van der Waals surface area contributed by atoms with Crippen molar-refractivity contribution in [1.29, 1.82) is 0 Å². The summed E-state index contributed by atoms with van der Waals surface area (Å²) in [6.07, 6.45) is 3.67. The maximum atomic E-state index is 12.0. The minimum absolute atomic E-state index is 0.280. The lowest BCUT2D eigenvalue weighted by Crippen LogP contribution is -2.32. The predicted octanol–water partition coefficient (Wildman–Crippen LogP) is 3.75. The van der Waals surface area contributed by atoms with Crippen molar-refractivity contribution in [3.05, 3.63) is 46.9 Å². The van der Waals surface area contributed by atoms with Crippen molar-refractivity contribution in [2.24, 2.45) is 0 Å². The Kier molecular flexibility index (Phi) is 5.71. The number of aromatic nitrogens is 2. The summed E-state index contributed by atoms with van der Waals surface area (Å²) in [5, 5.41) is 6.18. The van der Waals surface area contributed by atoms with Crippen LogP contribution in [0.1, 0.15) is 30.8 Å². The number of urea groups is 1. The van der Waals surface area contributed by atoms with E-state index in [2.05, 4.69) is 25.5 Å². The van der Waals surface area contributed by atoms with Gasteiger partial charge < -0.3 is 15.5 Å². The molecule has 1 saturated heterocycles. The Hall–Kier alpha value is -2.34. The third kappa shape index (κ3) is 5.06. The van der Waals surface area contributed by atoms with Gasteiger partial charge in [-0.25, -0.2) is 14.8 Å². The van der Waals surface area contributed by atoms with Crippen LogP contribution in [0.3, 0.4) is 0 Å². The van der Waals surface area contributed by atoms with E-state index in [1.54, 1.807) is 24.3 Å². The lowest BCUT2D eigenvalue weighted by atomic mass is 10.1. The molecule has 0 saturated carbocycles. The number of hydrogen-bond acceptors (Lipinski definition) is 4. The van der Waals surface area contributed by atoms with Crippen LogP contribution >= 0.6 is 11.6 Å². The van der Waals surface area contributed by atoms with E-state index in [0.29, 0.717) is 16.5 Å². The molecule has 6 nitrogen and oxygen atoms in total. The van der Waals surface area contributed by atoms with Crippen LogP contribution in [0.2, 0.25) is 5.02 Å². The van der Waals surface area contributed by atoms with E-state index in [1.165, 1.54) is 19.3 Å². The summed E-state index contributed by atoms with van der Waals surface area (Å²) in [6, 6.07) is 8.66. The van der Waals surface area contributed by atoms with E-state index < -0.39 is 0 Å². The zero-order valence-corrected chi connectivity index (χ0v) is 15.0. The molecule has 1 aliphatic heterocycles. The molecule has 1 fully saturated rings. The average molecular weight is 360 g/mol. The second kappa shape index (κ2) is 8.16. The minimum Gasteiger partial charge on any atom is -0.357 e. The van der Waals surface area contributed by atoms with Crippen molar-refractivity contribution < 1.29 is 4.79 Å². The number of nitrogens with one attached hydrogen (secondary N) is 2. The number of nitrogens with zero attached hydrogens (tertiary/aromatic N) is 3. The van der Waals surface area contributed by atoms with E-state index >= 15 is 0 Å². The fraction of sp³-hybridized carbons (Fsp3) is 0.389. The van der Waals surface area contributed by atoms with Gasteiger partial charge in [0.25, 0.3) is 0 Å². The fourth-order valence-electron chi connectivity index (χ4n) is 2.84. The van der Waals surface area contributed by atoms with Gasteiger partial charge >= 0.3 is 6.03 Å². The Morgan fingerprint density at radius 2 is 1.88 bits per heavy atom. The maximum Gasteiger partial charge on any atom is 0.319 e. The molecule has 1 aliphatic rings. The molecule has 0 radical (unpaired) electrons. The van der Waals surface area contributed by atoms with Crippen molar-refractivity contribution in [2.45, 2.75) is 32.7 Å². The standard InChI is InChI=1S/C18H22ClN5O/c1-13-11-17(24-9-3-2-4-10-24)23-16(21-13)12-20-18(25)22-15-7-5-14(19)6-8-15/h5-8,11H,2-4,9-10,12H2,1H3,(H2,20,22,25). The quantitative estimate of drug-likeness (QED) is 0.872. The SMILES string of the molecule is Cc1cc(N2CCCCC2)nc(CNC(=O)Nc2ccc(Cl)cc2)n1. The van der Waals surface area contributed by atoms with Crippen molar-refractivity contribution in [3.8, 4) is 0 Å². The van der Waals surface area contributed by atoms with Crippen LogP contribution in [-0.4, -0.2) is 29.1 Å². The highest BCUT2D eigenvalue weighted by molar-refractivity contribution is 6.30. The summed E-state index contributed by atoms with van der Waals surface area (Å²) in [6.45, 7) is 4.29. The van der Waals surface area contributed by atoms with Crippen LogP contribution in [0.15, 0.2) is 30.3 Å². The zero-order valence-electron chi connectivity index (χ0n) is 14.3. The van der Waals surface area contributed by atoms with Gasteiger partial charge in [-0.15, -0.1) is 0 Å². The largest absolute Gasteiger partial charge is 0.357 e. The lowest BCUT2D eigenvalue weighted by molar-refractivity contribution is 0.251. The molecule has 1 aromatic carbocycles. The first-order valence-corrected chi connectivity index (χ1v) is 8.88. The average Bonchev–Trinajstić information content (AvgIpc) is 2.62. The number of carbonyl (C=O) groups excluding carboxylic acids is 1. The van der Waals surface area contributed by atoms with Gasteiger partial charge in [0.1, 0.15) is 11.6 Å². The monoisotopic (exact) mass is 359 g/mol. The van der Waals surface area contributed by atoms with Gasteiger partial charge in [-0.2, -0.15) is 0 Å². The van der Waals surface area contributed by atoms with Crippen LogP contribution in [-0.2, 0) is 6.54 Å². The van der Waals surface area contributed by atoms with E-state index in [0.717, 1.165) is 24.6 Å². The molecule has 2 heterocycles. The number of piperidine rings is 1. The van der Waals surface area contributed by atoms with Gasteiger partial charge in [0.2, 0.25) is 0 Å². The van der Waals surface area contributed by atoms with Gasteiger partial charge in [0.05, 0.1) is 6.54 Å². The van der Waals surface area contributed by atoms with Crippen LogP contribution in [0.5, 0.6) is 0 Å². The fourth-order valence-corrected chi connectivity index (χ4v) is 2.97. The zero-order chi connectivity index (χ0) is 17.6. The number of benzene rings is 1. The summed E-state index contributed by atoms with van der Waals surface area (Å²) < 4.78 is 0. The van der Waals surface area contributed by atoms with Gasteiger partial charge in [0, 0.05) is 35.6 Å². The summed E-state index contributed by atoms with van der Waals surface area (Å²) in [5.74, 6) is 1.56. The molecule has 0 spiro atoms. The number of halogens is 1. The smallest absolute Gasteiger partial charge is 0.319 e. The second-order valence-corrected chi connectivity index (χ2v) is 6.58. The Labute approximate surface area is 152 Å². The molecular weight excluding hydrogens is 338 g/mol. The van der Waals surface area contributed by atoms with Gasteiger partial charge in [-0.05, 0) is 50.5 Å². The maximum absolute atomic E-state index is 12.0. The molecule has 0 atom stereocenters. The molecule has 2 amide bonds. The first kappa shape index (κ1) is 17.5. The summed E-state index contributed by atoms with van der Waals surface area (Å²) in [5.41, 5.74) is 1.59. The van der Waals surface area contributed by atoms with Gasteiger partial charge in [-0.1, -0.05) is 11.6 Å². The van der Waals surface area contributed by atoms with Crippen LogP contribution < -0.4 is 15.5 Å².